The Morgan fingerprint density at radius 3 is 2.32 bits per heavy atom. The summed E-state index contributed by atoms with van der Waals surface area (Å²) < 4.78 is 6.12. The van der Waals surface area contributed by atoms with E-state index in [1.807, 2.05) is 66.4 Å². The van der Waals surface area contributed by atoms with Gasteiger partial charge in [0, 0.05) is 43.7 Å². The van der Waals surface area contributed by atoms with Crippen LogP contribution in [0.2, 0.25) is 0 Å². The summed E-state index contributed by atoms with van der Waals surface area (Å²) in [6.07, 6.45) is 5.66. The van der Waals surface area contributed by atoms with Crippen LogP contribution in [-0.4, -0.2) is 59.4 Å². The van der Waals surface area contributed by atoms with Gasteiger partial charge in [-0.3, -0.25) is 10.8 Å². The van der Waals surface area contributed by atoms with Crippen LogP contribution in [0, 0.1) is 10.8 Å². The van der Waals surface area contributed by atoms with Gasteiger partial charge in [-0.1, -0.05) is 30.4 Å². The summed E-state index contributed by atoms with van der Waals surface area (Å²) in [6, 6.07) is 14.2. The van der Waals surface area contributed by atoms with Gasteiger partial charge in [0.25, 0.3) is 0 Å². The maximum atomic E-state index is 11.7. The quantitative estimate of drug-likeness (QED) is 0.245. The van der Waals surface area contributed by atoms with Crippen LogP contribution < -0.4 is 15.4 Å². The van der Waals surface area contributed by atoms with Gasteiger partial charge in [0.15, 0.2) is 0 Å². The summed E-state index contributed by atoms with van der Waals surface area (Å²) >= 11 is 0. The molecule has 0 bridgehead atoms. The Morgan fingerprint density at radius 2 is 1.78 bits per heavy atom. The molecule has 3 rings (SSSR count). The van der Waals surface area contributed by atoms with E-state index in [-0.39, 0.29) is 49.2 Å². The van der Waals surface area contributed by atoms with E-state index in [0.29, 0.717) is 17.9 Å². The fourth-order valence-electron chi connectivity index (χ4n) is 3.95. The van der Waals surface area contributed by atoms with Gasteiger partial charge in [-0.2, -0.15) is 0 Å². The average Bonchev–Trinajstić information content (AvgIpc) is 2.82. The molecule has 2 aromatic rings. The molecular formula is C26H36Cl3N5O3. The molecule has 204 valence electrons. The molecule has 0 radical (unpaired) electrons. The molecule has 8 nitrogen and oxygen atoms in total. The van der Waals surface area contributed by atoms with Crippen LogP contribution in [0.1, 0.15) is 37.8 Å². The number of nitrogens with zero attached hydrogens (tertiary/aromatic N) is 2. The normalized spacial score (nSPS) is 13.9. The van der Waals surface area contributed by atoms with E-state index in [2.05, 4.69) is 4.90 Å². The summed E-state index contributed by atoms with van der Waals surface area (Å²) in [7, 11) is 0. The number of hydrogen-bond acceptors (Lipinski definition) is 5. The molecule has 1 unspecified atom stereocenters. The number of hydrogen-bond donors (Lipinski definition) is 4. The summed E-state index contributed by atoms with van der Waals surface area (Å²) in [4.78, 5) is 15.6. The first kappa shape index (κ1) is 34.1. The summed E-state index contributed by atoms with van der Waals surface area (Å²) in [5.74, 6) is 0.457. The molecule has 0 amide bonds. The Morgan fingerprint density at radius 1 is 1.16 bits per heavy atom. The third-order valence-corrected chi connectivity index (χ3v) is 6.02. The van der Waals surface area contributed by atoms with Crippen LogP contribution in [0.15, 0.2) is 54.6 Å². The van der Waals surface area contributed by atoms with E-state index in [9.17, 15) is 9.90 Å². The zero-order chi connectivity index (χ0) is 24.7. The zero-order valence-corrected chi connectivity index (χ0v) is 23.4. The van der Waals surface area contributed by atoms with Crippen LogP contribution in [0.3, 0.4) is 0 Å². The van der Waals surface area contributed by atoms with Gasteiger partial charge in [0.05, 0.1) is 5.84 Å². The molecule has 37 heavy (non-hydrogen) atoms. The number of carboxylic acids is 1. The number of likely N-dealkylation sites (tertiary alicyclic amines) is 1. The second kappa shape index (κ2) is 16.0. The third kappa shape index (κ3) is 9.80. The van der Waals surface area contributed by atoms with E-state index in [0.717, 1.165) is 42.9 Å². The largest absolute Gasteiger partial charge is 0.490 e. The highest BCUT2D eigenvalue weighted by Gasteiger charge is 2.22. The van der Waals surface area contributed by atoms with E-state index in [1.54, 1.807) is 13.0 Å². The maximum Gasteiger partial charge on any atom is 0.326 e. The standard InChI is InChI=1S/C26H33N5O3.3ClH/c1-18(26(32)33)31(14-4-6-20-5-3-7-21(17-20)25(28)29)22-8-10-23(11-9-22)34-24-12-15-30(16-13-24)19(2)27;;;/h3-11,17-18,24,27H,12-16H2,1-2H3,(H3,28,29)(H,32,33);3*1H/b6-4+,27-19?;;;. The lowest BCUT2D eigenvalue weighted by Crippen LogP contribution is -2.40. The molecule has 1 aliphatic heterocycles. The van der Waals surface area contributed by atoms with Gasteiger partial charge in [-0.25, -0.2) is 4.79 Å². The number of rotatable bonds is 9. The SMILES string of the molecule is CC(=N)N1CCC(Oc2ccc(N(C/C=C/c3cccc(C(=N)N)c3)C(C)C(=O)O)cc2)CC1.Cl.Cl.Cl. The molecule has 2 aromatic carbocycles. The predicted molar refractivity (Wildman–Crippen MR) is 158 cm³/mol. The predicted octanol–water partition coefficient (Wildman–Crippen LogP) is 5.07. The Labute approximate surface area is 237 Å². The highest BCUT2D eigenvalue weighted by molar-refractivity contribution is 5.95. The lowest BCUT2D eigenvalue weighted by atomic mass is 10.1. The van der Waals surface area contributed by atoms with Crippen molar-refractivity contribution in [2.45, 2.75) is 38.8 Å². The molecule has 0 spiro atoms. The first-order valence-corrected chi connectivity index (χ1v) is 11.4. The molecule has 0 aliphatic carbocycles. The van der Waals surface area contributed by atoms with Crippen LogP contribution in [-0.2, 0) is 4.79 Å². The van der Waals surface area contributed by atoms with E-state index in [1.165, 1.54) is 0 Å². The van der Waals surface area contributed by atoms with Gasteiger partial charge in [0.1, 0.15) is 23.7 Å². The molecule has 11 heteroatoms. The van der Waals surface area contributed by atoms with Crippen molar-refractivity contribution in [1.82, 2.24) is 4.90 Å². The smallest absolute Gasteiger partial charge is 0.326 e. The molecule has 5 N–H and O–H groups in total. The van der Waals surface area contributed by atoms with Gasteiger partial charge in [-0.05, 0) is 49.7 Å². The fourth-order valence-corrected chi connectivity index (χ4v) is 3.95. The lowest BCUT2D eigenvalue weighted by Gasteiger charge is -2.33. The molecule has 1 fully saturated rings. The number of aliphatic carboxylic acids is 1. The topological polar surface area (TPSA) is 127 Å². The molecular weight excluding hydrogens is 537 g/mol. The minimum atomic E-state index is -0.902. The summed E-state index contributed by atoms with van der Waals surface area (Å²) in [6.45, 7) is 5.52. The van der Waals surface area contributed by atoms with Gasteiger partial charge in [-0.15, -0.1) is 37.2 Å². The molecule has 1 atom stereocenters. The van der Waals surface area contributed by atoms with E-state index in [4.69, 9.17) is 21.3 Å². The number of benzene rings is 2. The molecule has 1 saturated heterocycles. The Kier molecular flexibility index (Phi) is 14.7. The maximum absolute atomic E-state index is 11.7. The van der Waals surface area contributed by atoms with Crippen molar-refractivity contribution in [3.05, 3.63) is 65.7 Å². The van der Waals surface area contributed by atoms with Crippen molar-refractivity contribution in [3.63, 3.8) is 0 Å². The minimum absolute atomic E-state index is 0. The number of amidine groups is 2. The van der Waals surface area contributed by atoms with Crippen LogP contribution >= 0.6 is 37.2 Å². The number of halogens is 3. The first-order chi connectivity index (χ1) is 16.2. The number of nitrogens with two attached hydrogens (primary N) is 1. The highest BCUT2D eigenvalue weighted by Crippen LogP contribution is 2.24. The first-order valence-electron chi connectivity index (χ1n) is 11.4. The third-order valence-electron chi connectivity index (χ3n) is 6.02. The molecule has 0 saturated carbocycles. The number of ether oxygens (including phenoxy) is 1. The Bertz CT molecular complexity index is 1060. The van der Waals surface area contributed by atoms with E-state index < -0.39 is 12.0 Å². The Balaban J connectivity index is 0.00000432. The van der Waals surface area contributed by atoms with Crippen LogP contribution in [0.4, 0.5) is 5.69 Å². The number of carbonyl (C=O) groups is 1. The van der Waals surface area contributed by atoms with Crippen molar-refractivity contribution in [2.24, 2.45) is 5.73 Å². The van der Waals surface area contributed by atoms with Gasteiger partial charge < -0.3 is 25.4 Å². The monoisotopic (exact) mass is 571 g/mol. The van der Waals surface area contributed by atoms with Crippen molar-refractivity contribution >= 4 is 66.6 Å². The van der Waals surface area contributed by atoms with Gasteiger partial charge in [0.2, 0.25) is 0 Å². The van der Waals surface area contributed by atoms with Gasteiger partial charge >= 0.3 is 5.97 Å². The number of carboxylic acid groups (broad SMARTS) is 1. The van der Waals surface area contributed by atoms with Crippen LogP contribution in [0.25, 0.3) is 6.08 Å². The van der Waals surface area contributed by atoms with E-state index >= 15 is 0 Å². The fraction of sp³-hybridized carbons (Fsp3) is 0.346. The number of piperidine rings is 1. The zero-order valence-electron chi connectivity index (χ0n) is 20.9. The van der Waals surface area contributed by atoms with Crippen LogP contribution in [0.5, 0.6) is 5.75 Å². The van der Waals surface area contributed by atoms with Crippen molar-refractivity contribution in [1.29, 1.82) is 10.8 Å². The van der Waals surface area contributed by atoms with Crippen molar-refractivity contribution in [3.8, 4) is 5.75 Å². The number of nitrogens with one attached hydrogen (secondary N) is 2. The minimum Gasteiger partial charge on any atom is -0.490 e. The number of anilines is 1. The molecule has 1 aliphatic rings. The highest BCUT2D eigenvalue weighted by atomic mass is 35.5. The number of nitrogen functional groups attached to an aromatic ring is 1. The molecule has 1 heterocycles. The molecule has 0 aromatic heterocycles. The lowest BCUT2D eigenvalue weighted by molar-refractivity contribution is -0.138. The van der Waals surface area contributed by atoms with Crippen molar-refractivity contribution in [2.75, 3.05) is 24.5 Å². The second-order valence-corrected chi connectivity index (χ2v) is 8.49. The van der Waals surface area contributed by atoms with Crippen molar-refractivity contribution < 1.29 is 14.6 Å². The Hall–Kier alpha value is -2.94. The second-order valence-electron chi connectivity index (χ2n) is 8.49. The summed E-state index contributed by atoms with van der Waals surface area (Å²) in [5.41, 5.74) is 7.89. The summed E-state index contributed by atoms with van der Waals surface area (Å²) in [5, 5.41) is 24.9. The average molecular weight is 573 g/mol.